The van der Waals surface area contributed by atoms with Gasteiger partial charge >= 0.3 is 0 Å². The molecule has 0 spiro atoms. The largest absolute Gasteiger partial charge is 0.496 e. The first-order valence-corrected chi connectivity index (χ1v) is 9.99. The summed E-state index contributed by atoms with van der Waals surface area (Å²) < 4.78 is 7.01. The van der Waals surface area contributed by atoms with Gasteiger partial charge in [0.1, 0.15) is 29.1 Å². The van der Waals surface area contributed by atoms with Crippen molar-refractivity contribution in [3.63, 3.8) is 0 Å². The molecule has 0 aliphatic heterocycles. The molecule has 1 amide bonds. The molecule has 2 aromatic heterocycles. The molecular weight excluding hydrogens is 392 g/mol. The average molecular weight is 416 g/mol. The van der Waals surface area contributed by atoms with Gasteiger partial charge in [-0.25, -0.2) is 14.5 Å². The Hall–Kier alpha value is -3.94. The SMILES string of the molecule is COc1ccccc1C(=O)NCc1ccc(-c2nc(C(C)C)n3ncnc(N)c23)cc1. The van der Waals surface area contributed by atoms with E-state index in [0.29, 0.717) is 29.2 Å². The number of benzene rings is 2. The second-order valence-corrected chi connectivity index (χ2v) is 7.46. The molecule has 3 N–H and O–H groups in total. The maximum Gasteiger partial charge on any atom is 0.255 e. The van der Waals surface area contributed by atoms with Gasteiger partial charge in [-0.3, -0.25) is 4.79 Å². The minimum Gasteiger partial charge on any atom is -0.496 e. The third-order valence-electron chi connectivity index (χ3n) is 5.03. The first kappa shape index (κ1) is 20.3. The summed E-state index contributed by atoms with van der Waals surface area (Å²) in [7, 11) is 1.55. The number of amides is 1. The summed E-state index contributed by atoms with van der Waals surface area (Å²) >= 11 is 0. The minimum absolute atomic E-state index is 0.181. The monoisotopic (exact) mass is 416 g/mol. The van der Waals surface area contributed by atoms with Crippen molar-refractivity contribution >= 4 is 17.2 Å². The van der Waals surface area contributed by atoms with Crippen LogP contribution in [0.2, 0.25) is 0 Å². The Labute approximate surface area is 180 Å². The first-order valence-electron chi connectivity index (χ1n) is 9.99. The fraction of sp³-hybridized carbons (Fsp3) is 0.217. The number of anilines is 1. The Morgan fingerprint density at radius 3 is 2.61 bits per heavy atom. The Morgan fingerprint density at radius 2 is 1.90 bits per heavy atom. The smallest absolute Gasteiger partial charge is 0.255 e. The lowest BCUT2D eigenvalue weighted by atomic mass is 10.1. The van der Waals surface area contributed by atoms with Crippen molar-refractivity contribution in [2.45, 2.75) is 26.3 Å². The van der Waals surface area contributed by atoms with Crippen LogP contribution in [0.3, 0.4) is 0 Å². The Morgan fingerprint density at radius 1 is 1.16 bits per heavy atom. The summed E-state index contributed by atoms with van der Waals surface area (Å²) in [4.78, 5) is 21.4. The number of carbonyl (C=O) groups is 1. The second kappa shape index (κ2) is 8.43. The van der Waals surface area contributed by atoms with Crippen molar-refractivity contribution in [2.75, 3.05) is 12.8 Å². The molecule has 8 nitrogen and oxygen atoms in total. The van der Waals surface area contributed by atoms with Gasteiger partial charge in [0.05, 0.1) is 12.7 Å². The Kier molecular flexibility index (Phi) is 5.53. The molecule has 0 saturated carbocycles. The number of ether oxygens (including phenoxy) is 1. The van der Waals surface area contributed by atoms with Crippen LogP contribution in [0.4, 0.5) is 5.82 Å². The first-order chi connectivity index (χ1) is 15.0. The van der Waals surface area contributed by atoms with E-state index in [1.807, 2.05) is 36.4 Å². The highest BCUT2D eigenvalue weighted by Gasteiger charge is 2.19. The van der Waals surface area contributed by atoms with Gasteiger partial charge in [-0.15, -0.1) is 0 Å². The number of fused-ring (bicyclic) bond motifs is 1. The lowest BCUT2D eigenvalue weighted by molar-refractivity contribution is 0.0948. The molecule has 0 atom stereocenters. The number of nitrogen functional groups attached to an aromatic ring is 1. The topological polar surface area (TPSA) is 107 Å². The summed E-state index contributed by atoms with van der Waals surface area (Å²) in [5.41, 5.74) is 9.94. The molecule has 0 radical (unpaired) electrons. The second-order valence-electron chi connectivity index (χ2n) is 7.46. The van der Waals surface area contributed by atoms with E-state index >= 15 is 0 Å². The van der Waals surface area contributed by atoms with E-state index in [4.69, 9.17) is 15.5 Å². The van der Waals surface area contributed by atoms with E-state index in [2.05, 4.69) is 29.2 Å². The zero-order valence-electron chi connectivity index (χ0n) is 17.7. The van der Waals surface area contributed by atoms with E-state index in [1.54, 1.807) is 23.8 Å². The van der Waals surface area contributed by atoms with Crippen LogP contribution in [-0.4, -0.2) is 32.6 Å². The summed E-state index contributed by atoms with van der Waals surface area (Å²) in [6, 6.07) is 15.0. The van der Waals surface area contributed by atoms with Gasteiger partial charge in [0.15, 0.2) is 5.82 Å². The van der Waals surface area contributed by atoms with Crippen LogP contribution in [0.25, 0.3) is 16.8 Å². The number of hydrogen-bond acceptors (Lipinski definition) is 6. The predicted molar refractivity (Wildman–Crippen MR) is 119 cm³/mol. The molecule has 4 aromatic rings. The maximum atomic E-state index is 12.5. The highest BCUT2D eigenvalue weighted by atomic mass is 16.5. The molecule has 2 aromatic carbocycles. The van der Waals surface area contributed by atoms with Gasteiger partial charge in [0.25, 0.3) is 5.91 Å². The van der Waals surface area contributed by atoms with E-state index in [-0.39, 0.29) is 11.8 Å². The zero-order valence-corrected chi connectivity index (χ0v) is 17.7. The maximum absolute atomic E-state index is 12.5. The van der Waals surface area contributed by atoms with Gasteiger partial charge in [-0.2, -0.15) is 5.10 Å². The van der Waals surface area contributed by atoms with Crippen molar-refractivity contribution in [3.05, 3.63) is 71.8 Å². The van der Waals surface area contributed by atoms with E-state index in [9.17, 15) is 4.79 Å². The third-order valence-corrected chi connectivity index (χ3v) is 5.03. The molecule has 0 bridgehead atoms. The lowest BCUT2D eigenvalue weighted by Gasteiger charge is -2.09. The number of rotatable bonds is 6. The molecule has 0 saturated heterocycles. The number of imidazole rings is 1. The summed E-state index contributed by atoms with van der Waals surface area (Å²) in [6.45, 7) is 4.51. The summed E-state index contributed by atoms with van der Waals surface area (Å²) in [5.74, 6) is 1.75. The summed E-state index contributed by atoms with van der Waals surface area (Å²) in [6.07, 6.45) is 1.44. The van der Waals surface area contributed by atoms with Crippen molar-refractivity contribution in [1.82, 2.24) is 24.9 Å². The fourth-order valence-electron chi connectivity index (χ4n) is 3.44. The van der Waals surface area contributed by atoms with Crippen molar-refractivity contribution in [3.8, 4) is 17.0 Å². The van der Waals surface area contributed by atoms with Crippen molar-refractivity contribution < 1.29 is 9.53 Å². The quantitative estimate of drug-likeness (QED) is 0.499. The number of carbonyl (C=O) groups excluding carboxylic acids is 1. The van der Waals surface area contributed by atoms with Gasteiger partial charge in [0.2, 0.25) is 0 Å². The number of nitrogens with two attached hydrogens (primary N) is 1. The molecule has 8 heteroatoms. The molecule has 2 heterocycles. The number of aromatic nitrogens is 4. The van der Waals surface area contributed by atoms with Crippen molar-refractivity contribution in [2.24, 2.45) is 0 Å². The predicted octanol–water partition coefficient (Wildman–Crippen LogP) is 3.44. The number of para-hydroxylation sites is 1. The highest BCUT2D eigenvalue weighted by molar-refractivity contribution is 5.96. The zero-order chi connectivity index (χ0) is 22.0. The lowest BCUT2D eigenvalue weighted by Crippen LogP contribution is -2.23. The van der Waals surface area contributed by atoms with E-state index in [0.717, 1.165) is 22.6 Å². The van der Waals surface area contributed by atoms with Gasteiger partial charge < -0.3 is 15.8 Å². The molecular formula is C23H24N6O2. The molecule has 158 valence electrons. The van der Waals surface area contributed by atoms with E-state index < -0.39 is 0 Å². The molecule has 31 heavy (non-hydrogen) atoms. The highest BCUT2D eigenvalue weighted by Crippen LogP contribution is 2.29. The summed E-state index contributed by atoms with van der Waals surface area (Å²) in [5, 5.41) is 7.25. The third kappa shape index (κ3) is 3.92. The fourth-order valence-corrected chi connectivity index (χ4v) is 3.44. The Balaban J connectivity index is 1.56. The number of methoxy groups -OCH3 is 1. The molecule has 0 aliphatic rings. The van der Waals surface area contributed by atoms with Crippen LogP contribution in [-0.2, 0) is 6.54 Å². The van der Waals surface area contributed by atoms with E-state index in [1.165, 1.54) is 6.33 Å². The Bertz CT molecular complexity index is 1230. The van der Waals surface area contributed by atoms with Crippen molar-refractivity contribution in [1.29, 1.82) is 0 Å². The van der Waals surface area contributed by atoms with Crippen LogP contribution in [0.1, 0.15) is 41.5 Å². The normalized spacial score (nSPS) is 11.1. The standard InChI is InChI=1S/C23H24N6O2/c1-14(2)22-28-19(20-21(24)26-13-27-29(20)22)16-10-8-15(9-11-16)12-25-23(30)17-6-4-5-7-18(17)31-3/h4-11,13-14H,12H2,1-3H3,(H,25,30)(H2,24,26,27). The molecule has 0 fully saturated rings. The van der Waals surface area contributed by atoms with Crippen LogP contribution < -0.4 is 15.8 Å². The molecule has 4 rings (SSSR count). The van der Waals surface area contributed by atoms with Crippen LogP contribution in [0.15, 0.2) is 54.9 Å². The molecule has 0 unspecified atom stereocenters. The van der Waals surface area contributed by atoms with Crippen LogP contribution in [0.5, 0.6) is 5.75 Å². The average Bonchev–Trinajstić information content (AvgIpc) is 3.19. The van der Waals surface area contributed by atoms with Gasteiger partial charge in [-0.05, 0) is 17.7 Å². The number of nitrogens with one attached hydrogen (secondary N) is 1. The minimum atomic E-state index is -0.187. The van der Waals surface area contributed by atoms with Crippen LogP contribution in [0, 0.1) is 0 Å². The number of nitrogens with zero attached hydrogens (tertiary/aromatic N) is 4. The van der Waals surface area contributed by atoms with Gasteiger partial charge in [-0.1, -0.05) is 50.2 Å². The molecule has 0 aliphatic carbocycles. The van der Waals surface area contributed by atoms with Crippen LogP contribution >= 0.6 is 0 Å². The van der Waals surface area contributed by atoms with Gasteiger partial charge in [0, 0.05) is 18.0 Å². The number of hydrogen-bond donors (Lipinski definition) is 2.